The zero-order chi connectivity index (χ0) is 24.5. The summed E-state index contributed by atoms with van der Waals surface area (Å²) < 4.78 is 29.8. The first-order valence-corrected chi connectivity index (χ1v) is 11.9. The molecule has 1 saturated carbocycles. The Morgan fingerprint density at radius 3 is 2.80 bits per heavy atom. The van der Waals surface area contributed by atoms with E-state index < -0.39 is 12.4 Å². The monoisotopic (exact) mass is 486 g/mol. The van der Waals surface area contributed by atoms with Gasteiger partial charge in [0.2, 0.25) is 0 Å². The summed E-state index contributed by atoms with van der Waals surface area (Å²) in [5.74, 6) is -0.255. The highest BCUT2D eigenvalue weighted by Gasteiger charge is 2.28. The molecule has 2 aliphatic rings. The Hall–Kier alpha value is -3.44. The van der Waals surface area contributed by atoms with Gasteiger partial charge in [-0.1, -0.05) is 5.21 Å². The topological polar surface area (TPSA) is 115 Å². The first-order chi connectivity index (χ1) is 16.9. The lowest BCUT2D eigenvalue weighted by Crippen LogP contribution is -2.37. The summed E-state index contributed by atoms with van der Waals surface area (Å²) in [5.41, 5.74) is 2.32. The highest BCUT2D eigenvalue weighted by Crippen LogP contribution is 2.34. The van der Waals surface area contributed by atoms with E-state index in [0.29, 0.717) is 48.3 Å². The van der Waals surface area contributed by atoms with Crippen LogP contribution in [0.4, 0.5) is 14.5 Å². The average molecular weight is 487 g/mol. The van der Waals surface area contributed by atoms with Crippen molar-refractivity contribution in [2.75, 3.05) is 18.0 Å². The molecular weight excluding hydrogens is 458 g/mol. The highest BCUT2D eigenvalue weighted by molar-refractivity contribution is 5.67. The molecule has 1 N–H and O–H groups in total. The maximum absolute atomic E-state index is 14.1. The molecule has 1 unspecified atom stereocenters. The molecule has 1 saturated heterocycles. The van der Waals surface area contributed by atoms with Crippen LogP contribution < -0.4 is 4.90 Å². The van der Waals surface area contributed by atoms with E-state index in [9.17, 15) is 13.6 Å². The summed E-state index contributed by atoms with van der Waals surface area (Å²) >= 11 is 0. The molecule has 5 rings (SSSR count). The van der Waals surface area contributed by atoms with Gasteiger partial charge >= 0.3 is 5.97 Å². The summed E-state index contributed by atoms with van der Waals surface area (Å²) in [7, 11) is 1.74. The molecular formula is C23H28F2N8O2. The molecule has 0 radical (unpaired) electrons. The standard InChI is InChI=1S/C23H28F2N8O2/c1-31-19(13-33-26-11-16(29-33)9-14-4-5-14)21(28-30-31)17-6-7-18(22(27-17)23(24)25)32-8-2-3-15(12-32)10-20(34)35/h6-7,11,14-15,23H,2-5,8-10,12-13H2,1H3,(H,34,35). The van der Waals surface area contributed by atoms with Crippen molar-refractivity contribution in [3.05, 3.63) is 35.4 Å². The third kappa shape index (κ3) is 5.30. The van der Waals surface area contributed by atoms with Gasteiger partial charge in [0.15, 0.2) is 0 Å². The average Bonchev–Trinajstić information content (AvgIpc) is 3.41. The first-order valence-electron chi connectivity index (χ1n) is 11.9. The third-order valence-electron chi connectivity index (χ3n) is 6.69. The molecule has 3 aromatic rings. The SMILES string of the molecule is Cn1nnc(-c2ccc(N3CCCC(CC(=O)O)C3)c(C(F)F)n2)c1Cn1ncc(CC2CC2)n1. The zero-order valence-corrected chi connectivity index (χ0v) is 19.5. The predicted octanol–water partition coefficient (Wildman–Crippen LogP) is 3.10. The van der Waals surface area contributed by atoms with Crippen molar-refractivity contribution in [2.24, 2.45) is 18.9 Å². The van der Waals surface area contributed by atoms with Crippen LogP contribution in [0.3, 0.4) is 0 Å². The molecule has 0 amide bonds. The van der Waals surface area contributed by atoms with Gasteiger partial charge in [-0.25, -0.2) is 18.4 Å². The molecule has 186 valence electrons. The van der Waals surface area contributed by atoms with Gasteiger partial charge in [-0.05, 0) is 56.1 Å². The fourth-order valence-electron chi connectivity index (χ4n) is 4.73. The summed E-state index contributed by atoms with van der Waals surface area (Å²) in [6, 6.07) is 3.30. The van der Waals surface area contributed by atoms with E-state index >= 15 is 0 Å². The Balaban J connectivity index is 1.40. The smallest absolute Gasteiger partial charge is 0.303 e. The molecule has 0 aromatic carbocycles. The first kappa shape index (κ1) is 23.3. The number of carbonyl (C=O) groups is 1. The third-order valence-corrected chi connectivity index (χ3v) is 6.69. The highest BCUT2D eigenvalue weighted by atomic mass is 19.3. The zero-order valence-electron chi connectivity index (χ0n) is 19.5. The van der Waals surface area contributed by atoms with Gasteiger partial charge in [-0.3, -0.25) is 4.79 Å². The fraction of sp³-hybridized carbons (Fsp3) is 0.565. The van der Waals surface area contributed by atoms with Gasteiger partial charge in [-0.2, -0.15) is 15.0 Å². The maximum atomic E-state index is 14.1. The van der Waals surface area contributed by atoms with E-state index in [2.05, 4.69) is 25.5 Å². The second-order valence-electron chi connectivity index (χ2n) is 9.48. The Bertz CT molecular complexity index is 1210. The van der Waals surface area contributed by atoms with Crippen molar-refractivity contribution >= 4 is 11.7 Å². The minimum atomic E-state index is -2.79. The van der Waals surface area contributed by atoms with E-state index in [1.807, 2.05) is 4.90 Å². The van der Waals surface area contributed by atoms with Crippen molar-refractivity contribution in [2.45, 2.75) is 51.5 Å². The second kappa shape index (κ2) is 9.67. The van der Waals surface area contributed by atoms with Gasteiger partial charge < -0.3 is 10.0 Å². The van der Waals surface area contributed by atoms with Crippen LogP contribution in [-0.4, -0.2) is 59.1 Å². The molecule has 1 atom stereocenters. The van der Waals surface area contributed by atoms with E-state index in [1.165, 1.54) is 12.8 Å². The van der Waals surface area contributed by atoms with Crippen molar-refractivity contribution in [1.29, 1.82) is 0 Å². The normalized spacial score (nSPS) is 18.4. The molecule has 12 heteroatoms. The van der Waals surface area contributed by atoms with Crippen LogP contribution in [0.1, 0.15) is 55.6 Å². The number of rotatable bonds is 9. The van der Waals surface area contributed by atoms with Crippen molar-refractivity contribution in [3.8, 4) is 11.4 Å². The largest absolute Gasteiger partial charge is 0.481 e. The van der Waals surface area contributed by atoms with Crippen LogP contribution in [0.5, 0.6) is 0 Å². The van der Waals surface area contributed by atoms with Crippen molar-refractivity contribution < 1.29 is 18.7 Å². The molecule has 2 fully saturated rings. The lowest BCUT2D eigenvalue weighted by atomic mass is 9.94. The van der Waals surface area contributed by atoms with Crippen molar-refractivity contribution in [3.63, 3.8) is 0 Å². The number of carboxylic acids is 1. The van der Waals surface area contributed by atoms with Crippen LogP contribution in [0.25, 0.3) is 11.4 Å². The molecule has 1 aliphatic carbocycles. The van der Waals surface area contributed by atoms with Gasteiger partial charge in [-0.15, -0.1) is 5.10 Å². The minimum Gasteiger partial charge on any atom is -0.481 e. The number of halogens is 2. The molecule has 35 heavy (non-hydrogen) atoms. The molecule has 4 heterocycles. The van der Waals surface area contributed by atoms with Gasteiger partial charge in [0, 0.05) is 26.6 Å². The molecule has 0 spiro atoms. The van der Waals surface area contributed by atoms with E-state index in [1.54, 1.807) is 34.9 Å². The second-order valence-corrected chi connectivity index (χ2v) is 9.48. The van der Waals surface area contributed by atoms with Gasteiger partial charge in [0.1, 0.15) is 17.9 Å². The summed E-state index contributed by atoms with van der Waals surface area (Å²) in [6.45, 7) is 1.29. The number of pyridine rings is 1. The number of alkyl halides is 2. The van der Waals surface area contributed by atoms with Crippen molar-refractivity contribution in [1.82, 2.24) is 35.0 Å². The Labute approximate surface area is 201 Å². The number of aliphatic carboxylic acids is 1. The van der Waals surface area contributed by atoms with Crippen LogP contribution in [0.2, 0.25) is 0 Å². The summed E-state index contributed by atoms with van der Waals surface area (Å²) in [5, 5.41) is 26.3. The number of hydrogen-bond acceptors (Lipinski definition) is 7. The molecule has 0 bridgehead atoms. The minimum absolute atomic E-state index is 0.0266. The summed E-state index contributed by atoms with van der Waals surface area (Å²) in [6.07, 6.45) is 3.90. The molecule has 1 aliphatic heterocycles. The van der Waals surface area contributed by atoms with Gasteiger partial charge in [0.25, 0.3) is 6.43 Å². The predicted molar refractivity (Wildman–Crippen MR) is 122 cm³/mol. The number of aryl methyl sites for hydroxylation is 1. The molecule has 10 nitrogen and oxygen atoms in total. The number of hydrogen-bond donors (Lipinski definition) is 1. The number of aromatic nitrogens is 7. The fourth-order valence-corrected chi connectivity index (χ4v) is 4.73. The maximum Gasteiger partial charge on any atom is 0.303 e. The van der Waals surface area contributed by atoms with E-state index in [-0.39, 0.29) is 18.0 Å². The lowest BCUT2D eigenvalue weighted by molar-refractivity contribution is -0.138. The molecule has 3 aromatic heterocycles. The van der Waals surface area contributed by atoms with Crippen LogP contribution in [0.15, 0.2) is 18.3 Å². The number of anilines is 1. The number of carboxylic acid groups (broad SMARTS) is 1. The van der Waals surface area contributed by atoms with Crippen LogP contribution in [0, 0.1) is 11.8 Å². The van der Waals surface area contributed by atoms with Crippen LogP contribution >= 0.6 is 0 Å². The summed E-state index contributed by atoms with van der Waals surface area (Å²) in [4.78, 5) is 18.8. The number of nitrogens with zero attached hydrogens (tertiary/aromatic N) is 8. The van der Waals surface area contributed by atoms with E-state index in [0.717, 1.165) is 25.0 Å². The number of piperidine rings is 1. The lowest BCUT2D eigenvalue weighted by Gasteiger charge is -2.34. The Morgan fingerprint density at radius 1 is 1.23 bits per heavy atom. The van der Waals surface area contributed by atoms with Gasteiger partial charge in [0.05, 0.1) is 29.0 Å². The Kier molecular flexibility index (Phi) is 6.44. The van der Waals surface area contributed by atoms with Crippen LogP contribution in [-0.2, 0) is 24.8 Å². The quantitative estimate of drug-likeness (QED) is 0.491. The van der Waals surface area contributed by atoms with E-state index in [4.69, 9.17) is 5.11 Å². The Morgan fingerprint density at radius 2 is 2.06 bits per heavy atom.